The van der Waals surface area contributed by atoms with Crippen LogP contribution in [0.2, 0.25) is 0 Å². The average Bonchev–Trinajstić information content (AvgIpc) is 2.53. The second-order valence-electron chi connectivity index (χ2n) is 4.76. The van der Waals surface area contributed by atoms with Crippen molar-refractivity contribution in [2.24, 2.45) is 0 Å². The third-order valence-electron chi connectivity index (χ3n) is 3.13. The van der Waals surface area contributed by atoms with Gasteiger partial charge in [0.15, 0.2) is 0 Å². The molecule has 0 saturated carbocycles. The lowest BCUT2D eigenvalue weighted by Gasteiger charge is -2.21. The molecule has 1 aromatic carbocycles. The number of hydrogen-bond acceptors (Lipinski definition) is 6. The van der Waals surface area contributed by atoms with Crippen LogP contribution in [-0.4, -0.2) is 41.5 Å². The van der Waals surface area contributed by atoms with Crippen molar-refractivity contribution in [3.63, 3.8) is 0 Å². The fourth-order valence-corrected chi connectivity index (χ4v) is 1.94. The number of amides is 2. The molecule has 7 nitrogen and oxygen atoms in total. The van der Waals surface area contributed by atoms with Crippen molar-refractivity contribution >= 4 is 23.2 Å². The van der Waals surface area contributed by atoms with E-state index in [0.29, 0.717) is 17.9 Å². The Morgan fingerprint density at radius 3 is 2.39 bits per heavy atom. The summed E-state index contributed by atoms with van der Waals surface area (Å²) in [6.45, 7) is 3.77. The van der Waals surface area contributed by atoms with Crippen molar-refractivity contribution in [3.05, 3.63) is 36.0 Å². The third kappa shape index (κ3) is 4.83. The van der Waals surface area contributed by atoms with Gasteiger partial charge in [0.2, 0.25) is 5.91 Å². The zero-order valence-corrected chi connectivity index (χ0v) is 13.2. The van der Waals surface area contributed by atoms with Gasteiger partial charge in [0.1, 0.15) is 11.6 Å². The summed E-state index contributed by atoms with van der Waals surface area (Å²) in [5.41, 5.74) is 6.25. The van der Waals surface area contributed by atoms with Gasteiger partial charge in [0.05, 0.1) is 12.3 Å². The number of nitrogen functional groups attached to an aromatic ring is 1. The van der Waals surface area contributed by atoms with E-state index < -0.39 is 11.8 Å². The van der Waals surface area contributed by atoms with Crippen molar-refractivity contribution in [1.82, 2.24) is 4.90 Å². The summed E-state index contributed by atoms with van der Waals surface area (Å²) in [6, 6.07) is 8.02. The number of imide groups is 1. The molecule has 0 saturated heterocycles. The minimum absolute atomic E-state index is 0.106. The minimum Gasteiger partial charge on any atom is -0.399 e. The topological polar surface area (TPSA) is 111 Å². The van der Waals surface area contributed by atoms with Gasteiger partial charge in [0.25, 0.3) is 5.91 Å². The Morgan fingerprint density at radius 1 is 1.35 bits per heavy atom. The Balaban J connectivity index is 3.18. The molecule has 0 unspecified atom stereocenters. The number of likely N-dealkylation sites (N-methyl/N-ethyl adjacent to an activating group) is 1. The molecule has 1 rings (SSSR count). The van der Waals surface area contributed by atoms with E-state index in [0.717, 1.165) is 4.90 Å². The first-order valence-electron chi connectivity index (χ1n) is 7.12. The van der Waals surface area contributed by atoms with E-state index in [-0.39, 0.29) is 18.7 Å². The lowest BCUT2D eigenvalue weighted by Crippen LogP contribution is -2.36. The molecule has 1 aromatic rings. The first-order valence-corrected chi connectivity index (χ1v) is 7.12. The lowest BCUT2D eigenvalue weighted by atomic mass is 10.2. The Bertz CT molecular complexity index is 632. The molecule has 0 aliphatic carbocycles. The van der Waals surface area contributed by atoms with E-state index in [1.165, 1.54) is 25.3 Å². The number of benzene rings is 1. The molecule has 0 fully saturated rings. The summed E-state index contributed by atoms with van der Waals surface area (Å²) in [7, 11) is 0. The molecule has 0 atom stereocenters. The van der Waals surface area contributed by atoms with Gasteiger partial charge in [-0.3, -0.25) is 9.59 Å². The van der Waals surface area contributed by atoms with E-state index in [1.54, 1.807) is 17.0 Å². The Labute approximate surface area is 135 Å². The van der Waals surface area contributed by atoms with Gasteiger partial charge in [0, 0.05) is 31.9 Å². The van der Waals surface area contributed by atoms with Crippen LogP contribution in [0.4, 0.5) is 11.4 Å². The predicted molar refractivity (Wildman–Crippen MR) is 87.1 cm³/mol. The van der Waals surface area contributed by atoms with Gasteiger partial charge >= 0.3 is 0 Å². The van der Waals surface area contributed by atoms with Crippen molar-refractivity contribution in [1.29, 1.82) is 5.26 Å². The first kappa shape index (κ1) is 18.2. The van der Waals surface area contributed by atoms with Crippen LogP contribution >= 0.6 is 0 Å². The van der Waals surface area contributed by atoms with E-state index in [1.807, 2.05) is 13.0 Å². The molecule has 0 aliphatic heterocycles. The summed E-state index contributed by atoms with van der Waals surface area (Å²) < 4.78 is 0. The van der Waals surface area contributed by atoms with Crippen LogP contribution < -0.4 is 10.6 Å². The summed E-state index contributed by atoms with van der Waals surface area (Å²) >= 11 is 0. The van der Waals surface area contributed by atoms with E-state index >= 15 is 0 Å². The minimum atomic E-state index is -0.721. The number of nitrogens with zero attached hydrogens (tertiary/aromatic N) is 3. The van der Waals surface area contributed by atoms with Crippen molar-refractivity contribution < 1.29 is 14.7 Å². The number of carbonyl (C=O) groups excluding carboxylic acids is 2. The largest absolute Gasteiger partial charge is 0.399 e. The molecule has 23 heavy (non-hydrogen) atoms. The molecule has 2 amide bonds. The molecule has 3 N–H and O–H groups in total. The van der Waals surface area contributed by atoms with Gasteiger partial charge in [-0.2, -0.15) is 5.26 Å². The van der Waals surface area contributed by atoms with Crippen LogP contribution in [0.15, 0.2) is 36.0 Å². The van der Waals surface area contributed by atoms with E-state index in [4.69, 9.17) is 10.8 Å². The van der Waals surface area contributed by atoms with Crippen LogP contribution in [0.1, 0.15) is 13.8 Å². The second-order valence-corrected chi connectivity index (χ2v) is 4.76. The summed E-state index contributed by atoms with van der Waals surface area (Å²) in [5.74, 6) is -1.23. The molecular formula is C16H20N4O3. The Kier molecular flexibility index (Phi) is 6.77. The quantitative estimate of drug-likeness (QED) is 0.458. The molecule has 0 spiro atoms. The average molecular weight is 316 g/mol. The standard InChI is InChI=1S/C16H20N4O3/c1-3-19(8-9-21)11-13(10-17)16(23)20(12(2)22)15-6-4-14(18)5-7-15/h4-7,11,21H,3,8-9,18H2,1-2H3/b13-11-. The Morgan fingerprint density at radius 2 is 1.96 bits per heavy atom. The third-order valence-corrected chi connectivity index (χ3v) is 3.13. The second kappa shape index (κ2) is 8.56. The highest BCUT2D eigenvalue weighted by Crippen LogP contribution is 2.19. The predicted octanol–water partition coefficient (Wildman–Crippen LogP) is 0.870. The number of aliphatic hydroxyl groups excluding tert-OH is 1. The molecular weight excluding hydrogens is 296 g/mol. The summed E-state index contributed by atoms with van der Waals surface area (Å²) in [5, 5.41) is 18.2. The fraction of sp³-hybridized carbons (Fsp3) is 0.312. The highest BCUT2D eigenvalue weighted by Gasteiger charge is 2.24. The lowest BCUT2D eigenvalue weighted by molar-refractivity contribution is -0.123. The Hall–Kier alpha value is -2.85. The van der Waals surface area contributed by atoms with E-state index in [2.05, 4.69) is 0 Å². The number of hydrogen-bond donors (Lipinski definition) is 2. The number of nitriles is 1. The molecule has 0 aromatic heterocycles. The van der Waals surface area contributed by atoms with Crippen LogP contribution in [0, 0.1) is 11.3 Å². The molecule has 7 heteroatoms. The number of aliphatic hydroxyl groups is 1. The SMILES string of the molecule is CCN(/C=C(/C#N)C(=O)N(C(C)=O)c1ccc(N)cc1)CCO. The first-order chi connectivity index (χ1) is 10.9. The normalized spacial score (nSPS) is 10.8. The van der Waals surface area contributed by atoms with Crippen molar-refractivity contribution in [2.75, 3.05) is 30.3 Å². The maximum atomic E-state index is 12.6. The highest BCUT2D eigenvalue weighted by atomic mass is 16.3. The van der Waals surface area contributed by atoms with Crippen LogP contribution in [-0.2, 0) is 9.59 Å². The fourth-order valence-electron chi connectivity index (χ4n) is 1.94. The molecule has 122 valence electrons. The van der Waals surface area contributed by atoms with Gasteiger partial charge in [-0.15, -0.1) is 0 Å². The van der Waals surface area contributed by atoms with Crippen molar-refractivity contribution in [2.45, 2.75) is 13.8 Å². The van der Waals surface area contributed by atoms with Gasteiger partial charge in [-0.05, 0) is 31.2 Å². The number of rotatable bonds is 6. The van der Waals surface area contributed by atoms with Gasteiger partial charge in [-0.25, -0.2) is 4.90 Å². The molecule has 0 aliphatic rings. The smallest absolute Gasteiger partial charge is 0.277 e. The number of carbonyl (C=O) groups is 2. The molecule has 0 bridgehead atoms. The highest BCUT2D eigenvalue weighted by molar-refractivity contribution is 6.21. The maximum Gasteiger partial charge on any atom is 0.277 e. The zero-order valence-electron chi connectivity index (χ0n) is 13.2. The summed E-state index contributed by atoms with van der Waals surface area (Å²) in [4.78, 5) is 26.9. The van der Waals surface area contributed by atoms with Crippen LogP contribution in [0.25, 0.3) is 0 Å². The number of anilines is 2. The monoisotopic (exact) mass is 316 g/mol. The number of nitrogens with two attached hydrogens (primary N) is 1. The molecule has 0 heterocycles. The van der Waals surface area contributed by atoms with Crippen LogP contribution in [0.3, 0.4) is 0 Å². The van der Waals surface area contributed by atoms with Crippen molar-refractivity contribution in [3.8, 4) is 6.07 Å². The van der Waals surface area contributed by atoms with Gasteiger partial charge in [-0.1, -0.05) is 0 Å². The van der Waals surface area contributed by atoms with Crippen LogP contribution in [0.5, 0.6) is 0 Å². The molecule has 0 radical (unpaired) electrons. The summed E-state index contributed by atoms with van der Waals surface area (Å²) in [6.07, 6.45) is 1.35. The maximum absolute atomic E-state index is 12.6. The van der Waals surface area contributed by atoms with E-state index in [9.17, 15) is 14.9 Å². The van der Waals surface area contributed by atoms with Gasteiger partial charge < -0.3 is 15.7 Å². The zero-order chi connectivity index (χ0) is 17.4.